The van der Waals surface area contributed by atoms with Gasteiger partial charge >= 0.3 is 0 Å². The molecule has 0 fully saturated rings. The lowest BCUT2D eigenvalue weighted by Crippen LogP contribution is -2.27. The van der Waals surface area contributed by atoms with Gasteiger partial charge in [-0.1, -0.05) is 17.4 Å². The van der Waals surface area contributed by atoms with Gasteiger partial charge in [0.1, 0.15) is 0 Å². The lowest BCUT2D eigenvalue weighted by atomic mass is 10.1. The molecule has 0 atom stereocenters. The maximum atomic E-state index is 11.9. The lowest BCUT2D eigenvalue weighted by Gasteiger charge is -2.10. The Hall–Kier alpha value is -3.17. The Labute approximate surface area is 166 Å². The van der Waals surface area contributed by atoms with Crippen LogP contribution in [0.1, 0.15) is 11.1 Å². The highest BCUT2D eigenvalue weighted by atomic mass is 32.1. The van der Waals surface area contributed by atoms with E-state index in [1.54, 1.807) is 17.3 Å². The van der Waals surface area contributed by atoms with Gasteiger partial charge in [0.05, 0.1) is 25.0 Å². The van der Waals surface area contributed by atoms with Crippen LogP contribution in [0.5, 0.6) is 0 Å². The van der Waals surface area contributed by atoms with Crippen molar-refractivity contribution in [3.05, 3.63) is 47.8 Å². The first-order chi connectivity index (χ1) is 13.6. The van der Waals surface area contributed by atoms with Crippen molar-refractivity contribution in [2.45, 2.75) is 6.54 Å². The van der Waals surface area contributed by atoms with Gasteiger partial charge in [0.15, 0.2) is 5.01 Å². The zero-order chi connectivity index (χ0) is 19.5. The maximum Gasteiger partial charge on any atom is 0.238 e. The summed E-state index contributed by atoms with van der Waals surface area (Å²) < 4.78 is 0. The van der Waals surface area contributed by atoms with Crippen LogP contribution in [0, 0.1) is 0 Å². The molecule has 1 aromatic carbocycles. The number of rotatable bonds is 6. The molecule has 0 radical (unpaired) electrons. The van der Waals surface area contributed by atoms with E-state index in [9.17, 15) is 4.79 Å². The predicted molar refractivity (Wildman–Crippen MR) is 111 cm³/mol. The first-order valence-corrected chi connectivity index (χ1v) is 9.52. The summed E-state index contributed by atoms with van der Waals surface area (Å²) in [6.45, 7) is 1.05. The topological polar surface area (TPSA) is 95.4 Å². The molecule has 0 spiro atoms. The number of carbonyl (C=O) groups is 1. The van der Waals surface area contributed by atoms with Crippen LogP contribution in [0.2, 0.25) is 0 Å². The van der Waals surface area contributed by atoms with Gasteiger partial charge in [-0.2, -0.15) is 0 Å². The first kappa shape index (κ1) is 18.2. The van der Waals surface area contributed by atoms with Gasteiger partial charge in [0.2, 0.25) is 11.0 Å². The van der Waals surface area contributed by atoms with E-state index in [0.717, 1.165) is 28.4 Å². The van der Waals surface area contributed by atoms with Crippen LogP contribution in [0.3, 0.4) is 0 Å². The molecule has 1 aliphatic heterocycles. The highest BCUT2D eigenvalue weighted by molar-refractivity contribution is 7.18. The molecule has 0 saturated heterocycles. The van der Waals surface area contributed by atoms with E-state index in [1.807, 2.05) is 32.4 Å². The molecule has 9 heteroatoms. The number of likely N-dealkylation sites (N-methyl/N-ethyl adjacent to an activating group) is 1. The van der Waals surface area contributed by atoms with Gasteiger partial charge in [0, 0.05) is 23.7 Å². The fourth-order valence-electron chi connectivity index (χ4n) is 2.81. The van der Waals surface area contributed by atoms with E-state index < -0.39 is 0 Å². The van der Waals surface area contributed by atoms with Crippen molar-refractivity contribution >= 4 is 40.0 Å². The summed E-state index contributed by atoms with van der Waals surface area (Å²) in [6.07, 6.45) is 5.20. The Morgan fingerprint density at radius 1 is 1.18 bits per heavy atom. The second-order valence-corrected chi connectivity index (χ2v) is 7.65. The molecule has 0 unspecified atom stereocenters. The first-order valence-electron chi connectivity index (χ1n) is 8.70. The van der Waals surface area contributed by atoms with Gasteiger partial charge in [-0.3, -0.25) is 14.8 Å². The number of carbonyl (C=O) groups excluding carboxylic acids is 1. The molecule has 3 heterocycles. The normalized spacial score (nSPS) is 12.2. The van der Waals surface area contributed by atoms with Gasteiger partial charge in [-0.15, -0.1) is 10.2 Å². The van der Waals surface area contributed by atoms with Crippen LogP contribution < -0.4 is 10.6 Å². The van der Waals surface area contributed by atoms with E-state index in [0.29, 0.717) is 17.4 Å². The fourth-order valence-corrected chi connectivity index (χ4v) is 3.55. The van der Waals surface area contributed by atoms with Crippen LogP contribution in [0.25, 0.3) is 10.6 Å². The van der Waals surface area contributed by atoms with Crippen molar-refractivity contribution < 1.29 is 4.79 Å². The number of nitrogens with zero attached hydrogens (tertiary/aromatic N) is 5. The Morgan fingerprint density at radius 3 is 2.93 bits per heavy atom. The Morgan fingerprint density at radius 2 is 2.07 bits per heavy atom. The number of aromatic nitrogens is 3. The van der Waals surface area contributed by atoms with E-state index in [-0.39, 0.29) is 5.91 Å². The molecule has 8 nitrogen and oxygen atoms in total. The summed E-state index contributed by atoms with van der Waals surface area (Å²) in [4.78, 5) is 22.2. The monoisotopic (exact) mass is 393 g/mol. The van der Waals surface area contributed by atoms with Crippen molar-refractivity contribution in [1.82, 2.24) is 20.1 Å². The summed E-state index contributed by atoms with van der Waals surface area (Å²) in [5.41, 5.74) is 4.72. The molecule has 2 aromatic heterocycles. The third-order valence-corrected chi connectivity index (χ3v) is 4.93. The summed E-state index contributed by atoms with van der Waals surface area (Å²) in [5.74, 6) is -0.0938. The minimum atomic E-state index is -0.0938. The minimum Gasteiger partial charge on any atom is -0.330 e. The Bertz CT molecular complexity index is 1040. The highest BCUT2D eigenvalue weighted by Gasteiger charge is 2.11. The summed E-state index contributed by atoms with van der Waals surface area (Å²) in [5, 5.41) is 16.0. The number of pyridine rings is 1. The molecule has 1 aliphatic rings. The van der Waals surface area contributed by atoms with Crippen LogP contribution in [-0.2, 0) is 11.3 Å². The molecule has 0 bridgehead atoms. The van der Waals surface area contributed by atoms with E-state index >= 15 is 0 Å². The Kier molecular flexibility index (Phi) is 5.09. The molecule has 2 N–H and O–H groups in total. The predicted octanol–water partition coefficient (Wildman–Crippen LogP) is 2.78. The van der Waals surface area contributed by atoms with Crippen LogP contribution >= 0.6 is 11.3 Å². The quantitative estimate of drug-likeness (QED) is 0.669. The molecule has 4 rings (SSSR count). The number of aliphatic imine (C=N–C) groups is 1. The summed E-state index contributed by atoms with van der Waals surface area (Å²) in [7, 11) is 3.69. The minimum absolute atomic E-state index is 0.0938. The number of fused-ring (bicyclic) bond motifs is 1. The third-order valence-electron chi connectivity index (χ3n) is 4.04. The van der Waals surface area contributed by atoms with Crippen molar-refractivity contribution in [3.63, 3.8) is 0 Å². The molecule has 0 aliphatic carbocycles. The van der Waals surface area contributed by atoms with Gasteiger partial charge in [-0.05, 0) is 43.4 Å². The number of anilines is 3. The third kappa shape index (κ3) is 4.21. The van der Waals surface area contributed by atoms with Gasteiger partial charge in [0.25, 0.3) is 0 Å². The Balaban J connectivity index is 1.47. The largest absolute Gasteiger partial charge is 0.330 e. The molecular weight excluding hydrogens is 374 g/mol. The van der Waals surface area contributed by atoms with Crippen molar-refractivity contribution in [1.29, 1.82) is 0 Å². The number of hydrogen-bond donors (Lipinski definition) is 2. The molecule has 1 amide bonds. The van der Waals surface area contributed by atoms with E-state index in [2.05, 4.69) is 42.9 Å². The molecular formula is C19H19N7OS. The van der Waals surface area contributed by atoms with Crippen LogP contribution in [-0.4, -0.2) is 52.8 Å². The van der Waals surface area contributed by atoms with Crippen molar-refractivity contribution in [2.75, 3.05) is 31.3 Å². The molecule has 142 valence electrons. The lowest BCUT2D eigenvalue weighted by molar-refractivity contribution is -0.116. The number of amides is 1. The van der Waals surface area contributed by atoms with E-state index in [4.69, 9.17) is 0 Å². The zero-order valence-corrected chi connectivity index (χ0v) is 16.3. The number of benzene rings is 1. The van der Waals surface area contributed by atoms with E-state index in [1.165, 1.54) is 16.9 Å². The fraction of sp³-hybridized carbons (Fsp3) is 0.211. The molecule has 3 aromatic rings. The molecule has 0 saturated carbocycles. The molecule has 28 heavy (non-hydrogen) atoms. The van der Waals surface area contributed by atoms with Crippen LogP contribution in [0.4, 0.5) is 16.5 Å². The standard InChI is InChI=1S/C19H19N7OS/c1-26(2)11-17(27)22-16-6-14(9-21-10-16)18-24-25-19(28-18)23-15-4-3-12-7-20-8-13(12)5-15/h3-6,8-10H,7,11H2,1-2H3,(H,22,27)(H,23,25). The van der Waals surface area contributed by atoms with Crippen molar-refractivity contribution in [2.24, 2.45) is 4.99 Å². The van der Waals surface area contributed by atoms with Crippen molar-refractivity contribution in [3.8, 4) is 10.6 Å². The SMILES string of the molecule is CN(C)CC(=O)Nc1cncc(-c2nnc(Nc3ccc4c(c3)C=NC4)s2)c1. The second kappa shape index (κ2) is 7.83. The smallest absolute Gasteiger partial charge is 0.238 e. The summed E-state index contributed by atoms with van der Waals surface area (Å²) >= 11 is 1.42. The average Bonchev–Trinajstić information content (AvgIpc) is 3.30. The summed E-state index contributed by atoms with van der Waals surface area (Å²) in [6, 6.07) is 7.97. The second-order valence-electron chi connectivity index (χ2n) is 6.67. The number of hydrogen-bond acceptors (Lipinski definition) is 8. The number of nitrogens with one attached hydrogen (secondary N) is 2. The highest BCUT2D eigenvalue weighted by Crippen LogP contribution is 2.30. The average molecular weight is 393 g/mol. The maximum absolute atomic E-state index is 11.9. The zero-order valence-electron chi connectivity index (χ0n) is 15.5. The van der Waals surface area contributed by atoms with Crippen LogP contribution in [0.15, 0.2) is 41.7 Å². The van der Waals surface area contributed by atoms with Gasteiger partial charge in [-0.25, -0.2) is 0 Å². The van der Waals surface area contributed by atoms with Gasteiger partial charge < -0.3 is 15.5 Å².